The summed E-state index contributed by atoms with van der Waals surface area (Å²) in [6, 6.07) is 11.8. The van der Waals surface area contributed by atoms with Crippen LogP contribution in [-0.4, -0.2) is 39.1 Å². The van der Waals surface area contributed by atoms with Crippen molar-refractivity contribution in [1.82, 2.24) is 20.1 Å². The lowest BCUT2D eigenvalue weighted by Gasteiger charge is -2.32. The SMILES string of the molecule is O=C(c1cnc2ccccc2c1)N1CCC[C@@H](c2ccn[nH]2)C1. The van der Waals surface area contributed by atoms with Gasteiger partial charge in [-0.05, 0) is 31.0 Å². The van der Waals surface area contributed by atoms with E-state index in [1.54, 1.807) is 12.4 Å². The minimum absolute atomic E-state index is 0.0625. The van der Waals surface area contributed by atoms with E-state index in [-0.39, 0.29) is 5.91 Å². The highest BCUT2D eigenvalue weighted by atomic mass is 16.2. The van der Waals surface area contributed by atoms with E-state index < -0.39 is 0 Å². The molecule has 3 heterocycles. The zero-order valence-electron chi connectivity index (χ0n) is 12.8. The highest BCUT2D eigenvalue weighted by Crippen LogP contribution is 2.26. The number of carbonyl (C=O) groups is 1. The number of rotatable bonds is 2. The highest BCUT2D eigenvalue weighted by Gasteiger charge is 2.26. The molecule has 1 aromatic carbocycles. The van der Waals surface area contributed by atoms with E-state index in [0.717, 1.165) is 42.5 Å². The summed E-state index contributed by atoms with van der Waals surface area (Å²) in [5.74, 6) is 0.399. The molecule has 1 saturated heterocycles. The maximum atomic E-state index is 12.8. The molecular weight excluding hydrogens is 288 g/mol. The van der Waals surface area contributed by atoms with Gasteiger partial charge in [0.15, 0.2) is 0 Å². The smallest absolute Gasteiger partial charge is 0.255 e. The highest BCUT2D eigenvalue weighted by molar-refractivity contribution is 5.97. The number of benzene rings is 1. The molecule has 1 aliphatic heterocycles. The van der Waals surface area contributed by atoms with Crippen molar-refractivity contribution in [3.63, 3.8) is 0 Å². The van der Waals surface area contributed by atoms with Gasteiger partial charge in [0.05, 0.1) is 11.1 Å². The largest absolute Gasteiger partial charge is 0.338 e. The topological polar surface area (TPSA) is 61.9 Å². The summed E-state index contributed by atoms with van der Waals surface area (Å²) >= 11 is 0. The Kier molecular flexibility index (Phi) is 3.54. The van der Waals surface area contributed by atoms with Gasteiger partial charge in [-0.3, -0.25) is 14.9 Å². The van der Waals surface area contributed by atoms with Crippen LogP contribution in [0, 0.1) is 0 Å². The number of hydrogen-bond donors (Lipinski definition) is 1. The van der Waals surface area contributed by atoms with E-state index in [2.05, 4.69) is 15.2 Å². The third-order valence-electron chi connectivity index (χ3n) is 4.51. The van der Waals surface area contributed by atoms with Gasteiger partial charge in [0.25, 0.3) is 5.91 Å². The number of nitrogens with one attached hydrogen (secondary N) is 1. The molecule has 0 unspecified atom stereocenters. The molecule has 116 valence electrons. The fraction of sp³-hybridized carbons (Fsp3) is 0.278. The van der Waals surface area contributed by atoms with E-state index in [0.29, 0.717) is 11.5 Å². The van der Waals surface area contributed by atoms with E-state index >= 15 is 0 Å². The molecule has 1 amide bonds. The number of para-hydroxylation sites is 1. The van der Waals surface area contributed by atoms with Crippen LogP contribution in [0.1, 0.15) is 34.8 Å². The van der Waals surface area contributed by atoms with Crippen molar-refractivity contribution in [2.24, 2.45) is 0 Å². The van der Waals surface area contributed by atoms with Gasteiger partial charge >= 0.3 is 0 Å². The molecule has 1 aliphatic rings. The van der Waals surface area contributed by atoms with Crippen molar-refractivity contribution >= 4 is 16.8 Å². The molecule has 5 nitrogen and oxygen atoms in total. The lowest BCUT2D eigenvalue weighted by Crippen LogP contribution is -2.39. The zero-order chi connectivity index (χ0) is 15.6. The first-order valence-electron chi connectivity index (χ1n) is 7.94. The van der Waals surface area contributed by atoms with E-state index in [9.17, 15) is 4.79 Å². The number of H-pyrrole nitrogens is 1. The molecule has 4 rings (SSSR count). The van der Waals surface area contributed by atoms with E-state index in [4.69, 9.17) is 0 Å². The first-order chi connectivity index (χ1) is 11.3. The molecular formula is C18H18N4O. The van der Waals surface area contributed by atoms with Crippen LogP contribution in [0.4, 0.5) is 0 Å². The first-order valence-corrected chi connectivity index (χ1v) is 7.94. The molecule has 5 heteroatoms. The van der Waals surface area contributed by atoms with Gasteiger partial charge in [0, 0.05) is 42.5 Å². The quantitative estimate of drug-likeness (QED) is 0.791. The Morgan fingerprint density at radius 1 is 1.26 bits per heavy atom. The first kappa shape index (κ1) is 13.9. The molecule has 0 bridgehead atoms. The van der Waals surface area contributed by atoms with Crippen molar-refractivity contribution in [2.75, 3.05) is 13.1 Å². The number of aromatic amines is 1. The van der Waals surface area contributed by atoms with Gasteiger partial charge in [-0.25, -0.2) is 0 Å². The summed E-state index contributed by atoms with van der Waals surface area (Å²) < 4.78 is 0. The van der Waals surface area contributed by atoms with Crippen LogP contribution < -0.4 is 0 Å². The van der Waals surface area contributed by atoms with Crippen molar-refractivity contribution in [2.45, 2.75) is 18.8 Å². The Bertz CT molecular complexity index is 828. The number of nitrogens with zero attached hydrogens (tertiary/aromatic N) is 3. The summed E-state index contributed by atoms with van der Waals surface area (Å²) in [7, 11) is 0. The van der Waals surface area contributed by atoms with Crippen molar-refractivity contribution < 1.29 is 4.79 Å². The fourth-order valence-electron chi connectivity index (χ4n) is 3.28. The van der Waals surface area contributed by atoms with Crippen LogP contribution >= 0.6 is 0 Å². The molecule has 23 heavy (non-hydrogen) atoms. The van der Waals surface area contributed by atoms with Crippen LogP contribution in [0.15, 0.2) is 48.8 Å². The van der Waals surface area contributed by atoms with Crippen LogP contribution in [-0.2, 0) is 0 Å². The van der Waals surface area contributed by atoms with Crippen LogP contribution in [0.25, 0.3) is 10.9 Å². The second-order valence-corrected chi connectivity index (χ2v) is 6.02. The van der Waals surface area contributed by atoms with Crippen LogP contribution in [0.2, 0.25) is 0 Å². The number of amides is 1. The summed E-state index contributed by atoms with van der Waals surface area (Å²) in [6.45, 7) is 1.53. The number of hydrogen-bond acceptors (Lipinski definition) is 3. The molecule has 1 N–H and O–H groups in total. The van der Waals surface area contributed by atoms with E-state index in [1.807, 2.05) is 41.3 Å². The minimum atomic E-state index is 0.0625. The third kappa shape index (κ3) is 2.70. The maximum Gasteiger partial charge on any atom is 0.255 e. The summed E-state index contributed by atoms with van der Waals surface area (Å²) in [4.78, 5) is 19.2. The van der Waals surface area contributed by atoms with Gasteiger partial charge in [-0.1, -0.05) is 18.2 Å². The summed E-state index contributed by atoms with van der Waals surface area (Å²) in [5, 5.41) is 8.05. The number of piperidine rings is 1. The molecule has 1 atom stereocenters. The predicted octanol–water partition coefficient (Wildman–Crippen LogP) is 2.98. The predicted molar refractivity (Wildman–Crippen MR) is 88.2 cm³/mol. The van der Waals surface area contributed by atoms with E-state index in [1.165, 1.54) is 0 Å². The van der Waals surface area contributed by atoms with Gasteiger partial charge in [0.2, 0.25) is 0 Å². The number of aromatic nitrogens is 3. The Labute approximate surface area is 134 Å². The average molecular weight is 306 g/mol. The molecule has 0 aliphatic carbocycles. The zero-order valence-corrected chi connectivity index (χ0v) is 12.8. The van der Waals surface area contributed by atoms with Crippen LogP contribution in [0.3, 0.4) is 0 Å². The lowest BCUT2D eigenvalue weighted by molar-refractivity contribution is 0.0705. The Morgan fingerprint density at radius 2 is 2.17 bits per heavy atom. The van der Waals surface area contributed by atoms with Crippen molar-refractivity contribution in [3.05, 3.63) is 60.0 Å². The van der Waals surface area contributed by atoms with Crippen LogP contribution in [0.5, 0.6) is 0 Å². The number of pyridine rings is 1. The second-order valence-electron chi connectivity index (χ2n) is 6.02. The third-order valence-corrected chi connectivity index (χ3v) is 4.51. The Balaban J connectivity index is 1.57. The van der Waals surface area contributed by atoms with Gasteiger partial charge in [-0.15, -0.1) is 0 Å². The van der Waals surface area contributed by atoms with Gasteiger partial charge in [0.1, 0.15) is 0 Å². The Morgan fingerprint density at radius 3 is 3.04 bits per heavy atom. The maximum absolute atomic E-state index is 12.8. The lowest BCUT2D eigenvalue weighted by atomic mass is 9.94. The molecule has 2 aromatic heterocycles. The number of carbonyl (C=O) groups excluding carboxylic acids is 1. The minimum Gasteiger partial charge on any atom is -0.338 e. The van der Waals surface area contributed by atoms with Crippen molar-refractivity contribution in [3.8, 4) is 0 Å². The molecule has 3 aromatic rings. The van der Waals surface area contributed by atoms with Gasteiger partial charge < -0.3 is 4.90 Å². The summed E-state index contributed by atoms with van der Waals surface area (Å²) in [5.41, 5.74) is 2.69. The van der Waals surface area contributed by atoms with Gasteiger partial charge in [-0.2, -0.15) is 5.10 Å². The molecule has 0 saturated carbocycles. The standard InChI is InChI=1S/C18H18N4O/c23-18(15-10-13-4-1-2-6-16(13)19-11-15)22-9-3-5-14(12-22)17-7-8-20-21-17/h1-2,4,6-8,10-11,14H,3,5,9,12H2,(H,20,21)/t14-/m1/s1. The normalized spacial score (nSPS) is 18.3. The fourth-order valence-corrected chi connectivity index (χ4v) is 3.28. The molecule has 1 fully saturated rings. The average Bonchev–Trinajstić information content (AvgIpc) is 3.15. The van der Waals surface area contributed by atoms with Crippen molar-refractivity contribution in [1.29, 1.82) is 0 Å². The Hall–Kier alpha value is -2.69. The number of likely N-dealkylation sites (tertiary alicyclic amines) is 1. The monoisotopic (exact) mass is 306 g/mol. The second kappa shape index (κ2) is 5.83. The molecule has 0 radical (unpaired) electrons. The molecule has 0 spiro atoms. The summed E-state index contributed by atoms with van der Waals surface area (Å²) in [6.07, 6.45) is 5.55. The number of fused-ring (bicyclic) bond motifs is 1.